The van der Waals surface area contributed by atoms with Crippen molar-refractivity contribution in [3.8, 4) is 11.3 Å². The number of H-pyrrole nitrogens is 1. The van der Waals surface area contributed by atoms with Gasteiger partial charge in [-0.15, -0.1) is 0 Å². The second kappa shape index (κ2) is 11.2. The number of nitrogens with one attached hydrogen (secondary N) is 2. The van der Waals surface area contributed by atoms with E-state index >= 15 is 0 Å². The van der Waals surface area contributed by atoms with Crippen molar-refractivity contribution < 1.29 is 14.3 Å². The highest BCUT2D eigenvalue weighted by molar-refractivity contribution is 5.94. The van der Waals surface area contributed by atoms with Gasteiger partial charge in [-0.1, -0.05) is 30.2 Å². The van der Waals surface area contributed by atoms with Crippen molar-refractivity contribution >= 4 is 22.9 Å². The van der Waals surface area contributed by atoms with Crippen molar-refractivity contribution in [1.29, 1.82) is 0 Å². The zero-order chi connectivity index (χ0) is 28.4. The quantitative estimate of drug-likeness (QED) is 0.330. The summed E-state index contributed by atoms with van der Waals surface area (Å²) in [6, 6.07) is 12.8. The van der Waals surface area contributed by atoms with Crippen LogP contribution in [0.5, 0.6) is 0 Å². The topological polar surface area (TPSA) is 74.4 Å². The first kappa shape index (κ1) is 29.3. The SMILES string of the molecule is CCN(CC)C(=O)C(C)(C)c1ccc2[nH]c(-c3cc(C)cc(C)c3)c([C@H](C)CNC(=O)OC(C)(C)C)c2c1. The second-order valence-corrected chi connectivity index (χ2v) is 11.9. The molecular weight excluding hydrogens is 474 g/mol. The number of aryl methyl sites for hydroxylation is 2. The number of aromatic amines is 1. The Hall–Kier alpha value is -3.28. The summed E-state index contributed by atoms with van der Waals surface area (Å²) in [6.45, 7) is 21.7. The first-order chi connectivity index (χ1) is 17.7. The lowest BCUT2D eigenvalue weighted by molar-refractivity contribution is -0.135. The van der Waals surface area contributed by atoms with Crippen LogP contribution in [0, 0.1) is 13.8 Å². The fraction of sp³-hybridized carbons (Fsp3) is 0.500. The van der Waals surface area contributed by atoms with Gasteiger partial charge in [-0.3, -0.25) is 4.79 Å². The lowest BCUT2D eigenvalue weighted by Gasteiger charge is -2.31. The molecule has 1 atom stereocenters. The van der Waals surface area contributed by atoms with Gasteiger partial charge in [-0.25, -0.2) is 4.79 Å². The molecule has 0 fully saturated rings. The van der Waals surface area contributed by atoms with E-state index in [4.69, 9.17) is 4.74 Å². The van der Waals surface area contributed by atoms with Gasteiger partial charge >= 0.3 is 6.09 Å². The number of rotatable bonds is 8. The fourth-order valence-electron chi connectivity index (χ4n) is 5.14. The predicted molar refractivity (Wildman–Crippen MR) is 157 cm³/mol. The Morgan fingerprint density at radius 3 is 2.13 bits per heavy atom. The maximum absolute atomic E-state index is 13.4. The lowest BCUT2D eigenvalue weighted by Crippen LogP contribution is -2.43. The van der Waals surface area contributed by atoms with Crippen LogP contribution in [0.2, 0.25) is 0 Å². The highest BCUT2D eigenvalue weighted by atomic mass is 16.6. The Kier molecular flexibility index (Phi) is 8.65. The van der Waals surface area contributed by atoms with Gasteiger partial charge in [-0.2, -0.15) is 0 Å². The Balaban J connectivity index is 2.13. The number of aromatic nitrogens is 1. The number of hydrogen-bond donors (Lipinski definition) is 2. The molecule has 0 radical (unpaired) electrons. The number of hydrogen-bond acceptors (Lipinski definition) is 3. The van der Waals surface area contributed by atoms with E-state index in [0.29, 0.717) is 19.6 Å². The zero-order valence-corrected chi connectivity index (χ0v) is 24.8. The molecule has 0 unspecified atom stereocenters. The third-order valence-electron chi connectivity index (χ3n) is 7.10. The van der Waals surface area contributed by atoms with Crippen LogP contribution in [0.3, 0.4) is 0 Å². The molecule has 1 heterocycles. The number of nitrogens with zero attached hydrogens (tertiary/aromatic N) is 1. The summed E-state index contributed by atoms with van der Waals surface area (Å²) >= 11 is 0. The van der Waals surface area contributed by atoms with Gasteiger partial charge in [0, 0.05) is 36.5 Å². The van der Waals surface area contributed by atoms with Gasteiger partial charge in [-0.05, 0) is 103 Å². The highest BCUT2D eigenvalue weighted by Crippen LogP contribution is 2.38. The summed E-state index contributed by atoms with van der Waals surface area (Å²) in [4.78, 5) is 31.4. The number of alkyl carbamates (subject to hydrolysis) is 1. The number of amides is 2. The summed E-state index contributed by atoms with van der Waals surface area (Å²) in [6.07, 6.45) is -0.427. The Bertz CT molecular complexity index is 1290. The largest absolute Gasteiger partial charge is 0.444 e. The van der Waals surface area contributed by atoms with Crippen molar-refractivity contribution in [1.82, 2.24) is 15.2 Å². The van der Waals surface area contributed by atoms with Crippen LogP contribution in [-0.2, 0) is 14.9 Å². The number of fused-ring (bicyclic) bond motifs is 1. The first-order valence-electron chi connectivity index (χ1n) is 13.7. The van der Waals surface area contributed by atoms with Crippen molar-refractivity contribution in [3.05, 3.63) is 58.7 Å². The normalized spacial score (nSPS) is 12.9. The Labute approximate surface area is 228 Å². The van der Waals surface area contributed by atoms with E-state index in [2.05, 4.69) is 67.5 Å². The monoisotopic (exact) mass is 519 g/mol. The van der Waals surface area contributed by atoms with Crippen LogP contribution in [0.25, 0.3) is 22.2 Å². The summed E-state index contributed by atoms with van der Waals surface area (Å²) in [5.74, 6) is 0.108. The highest BCUT2D eigenvalue weighted by Gasteiger charge is 2.33. The Morgan fingerprint density at radius 2 is 1.58 bits per heavy atom. The molecule has 0 saturated heterocycles. The second-order valence-electron chi connectivity index (χ2n) is 11.9. The van der Waals surface area contributed by atoms with Crippen molar-refractivity contribution in [2.45, 2.75) is 86.2 Å². The van der Waals surface area contributed by atoms with Gasteiger partial charge in [0.25, 0.3) is 0 Å². The van der Waals surface area contributed by atoms with Crippen LogP contribution in [0.4, 0.5) is 4.79 Å². The van der Waals surface area contributed by atoms with Crippen LogP contribution < -0.4 is 5.32 Å². The standard InChI is InChI=1S/C32H45N3O3/c1-11-35(12-2)29(36)32(9,10)24-13-14-26-25(18-24)27(22(5)19-33-30(37)38-31(6,7)8)28(34-26)23-16-20(3)15-21(4)17-23/h13-18,22,34H,11-12,19H2,1-10H3,(H,33,37)/t22-/m1/s1. The molecule has 6 nitrogen and oxygen atoms in total. The average Bonchev–Trinajstić information content (AvgIpc) is 3.20. The summed E-state index contributed by atoms with van der Waals surface area (Å²) in [5.41, 5.74) is 6.39. The third kappa shape index (κ3) is 6.40. The molecule has 3 rings (SSSR count). The van der Waals surface area contributed by atoms with E-state index in [1.54, 1.807) is 0 Å². The van der Waals surface area contributed by atoms with E-state index < -0.39 is 17.1 Å². The smallest absolute Gasteiger partial charge is 0.407 e. The minimum absolute atomic E-state index is 0.0102. The first-order valence-corrected chi connectivity index (χ1v) is 13.7. The van der Waals surface area contributed by atoms with Gasteiger partial charge < -0.3 is 19.9 Å². The molecule has 0 aliphatic rings. The minimum atomic E-state index is -0.674. The van der Waals surface area contributed by atoms with Crippen LogP contribution in [0.1, 0.15) is 83.6 Å². The number of carbonyl (C=O) groups excluding carboxylic acids is 2. The molecule has 0 bridgehead atoms. The van der Waals surface area contributed by atoms with Crippen LogP contribution in [-0.4, -0.2) is 47.1 Å². The number of benzene rings is 2. The molecule has 0 spiro atoms. The fourth-order valence-corrected chi connectivity index (χ4v) is 5.14. The van der Waals surface area contributed by atoms with Gasteiger partial charge in [0.1, 0.15) is 5.60 Å². The molecule has 3 aromatic rings. The molecule has 2 aromatic carbocycles. The number of likely N-dealkylation sites (N-methyl/N-ethyl adjacent to an activating group) is 1. The third-order valence-corrected chi connectivity index (χ3v) is 7.10. The van der Waals surface area contributed by atoms with Gasteiger partial charge in [0.15, 0.2) is 0 Å². The maximum Gasteiger partial charge on any atom is 0.407 e. The molecule has 1 aromatic heterocycles. The zero-order valence-electron chi connectivity index (χ0n) is 24.8. The molecule has 6 heteroatoms. The summed E-state index contributed by atoms with van der Waals surface area (Å²) in [5, 5.41) is 4.02. The lowest BCUT2D eigenvalue weighted by atomic mass is 9.81. The van der Waals surface area contributed by atoms with E-state index in [9.17, 15) is 9.59 Å². The van der Waals surface area contributed by atoms with Crippen molar-refractivity contribution in [3.63, 3.8) is 0 Å². The summed E-state index contributed by atoms with van der Waals surface area (Å²) in [7, 11) is 0. The molecular formula is C32H45N3O3. The molecule has 38 heavy (non-hydrogen) atoms. The molecule has 0 aliphatic carbocycles. The maximum atomic E-state index is 13.4. The van der Waals surface area contributed by atoms with E-state index in [0.717, 1.165) is 33.3 Å². The van der Waals surface area contributed by atoms with Crippen molar-refractivity contribution in [2.24, 2.45) is 0 Å². The van der Waals surface area contributed by atoms with Crippen LogP contribution >= 0.6 is 0 Å². The Morgan fingerprint density at radius 1 is 0.974 bits per heavy atom. The molecule has 206 valence electrons. The number of ether oxygens (including phenoxy) is 1. The predicted octanol–water partition coefficient (Wildman–Crippen LogP) is 7.23. The van der Waals surface area contributed by atoms with E-state index in [-0.39, 0.29) is 11.8 Å². The molecule has 0 aliphatic heterocycles. The minimum Gasteiger partial charge on any atom is -0.444 e. The summed E-state index contributed by atoms with van der Waals surface area (Å²) < 4.78 is 5.47. The van der Waals surface area contributed by atoms with Crippen molar-refractivity contribution in [2.75, 3.05) is 19.6 Å². The number of carbonyl (C=O) groups is 2. The van der Waals surface area contributed by atoms with Gasteiger partial charge in [0.2, 0.25) is 5.91 Å². The van der Waals surface area contributed by atoms with E-state index in [1.807, 2.05) is 53.4 Å². The molecule has 2 amide bonds. The van der Waals surface area contributed by atoms with Gasteiger partial charge in [0.05, 0.1) is 11.1 Å². The average molecular weight is 520 g/mol. The van der Waals surface area contributed by atoms with Crippen LogP contribution in [0.15, 0.2) is 36.4 Å². The molecule has 2 N–H and O–H groups in total. The molecule has 0 saturated carbocycles. The van der Waals surface area contributed by atoms with E-state index in [1.165, 1.54) is 11.1 Å².